The molecule has 112 valence electrons. The van der Waals surface area contributed by atoms with Crippen LogP contribution in [-0.2, 0) is 17.6 Å². The van der Waals surface area contributed by atoms with Crippen LogP contribution in [0.5, 0.6) is 0 Å². The van der Waals surface area contributed by atoms with Crippen molar-refractivity contribution in [2.24, 2.45) is 0 Å². The van der Waals surface area contributed by atoms with Gasteiger partial charge in [0, 0.05) is 25.3 Å². The average Bonchev–Trinajstić information content (AvgIpc) is 3.07. The minimum absolute atomic E-state index is 0.0714. The van der Waals surface area contributed by atoms with Gasteiger partial charge in [-0.2, -0.15) is 0 Å². The van der Waals surface area contributed by atoms with Crippen molar-refractivity contribution in [3.05, 3.63) is 29.3 Å². The average molecular weight is 305 g/mol. The molecule has 0 atom stereocenters. The zero-order valence-electron chi connectivity index (χ0n) is 11.9. The van der Waals surface area contributed by atoms with Crippen LogP contribution < -0.4 is 10.6 Å². The van der Waals surface area contributed by atoms with Crippen molar-refractivity contribution in [1.29, 1.82) is 0 Å². The van der Waals surface area contributed by atoms with E-state index in [2.05, 4.69) is 28.8 Å². The lowest BCUT2D eigenvalue weighted by molar-refractivity contribution is -0.124. The van der Waals surface area contributed by atoms with Crippen LogP contribution in [-0.4, -0.2) is 48.0 Å². The van der Waals surface area contributed by atoms with Crippen molar-refractivity contribution in [2.45, 2.75) is 12.8 Å². The molecule has 2 N–H and O–H groups in total. The molecule has 1 aromatic rings. The van der Waals surface area contributed by atoms with Crippen molar-refractivity contribution in [3.63, 3.8) is 0 Å². The molecule has 0 aromatic heterocycles. The molecule has 1 aromatic carbocycles. The molecule has 0 saturated carbocycles. The summed E-state index contributed by atoms with van der Waals surface area (Å²) < 4.78 is 0. The molecule has 2 aliphatic heterocycles. The molecule has 0 bridgehead atoms. The number of nitrogens with zero attached hydrogens (tertiary/aromatic N) is 1. The van der Waals surface area contributed by atoms with Crippen molar-refractivity contribution < 1.29 is 9.59 Å². The molecule has 1 saturated heterocycles. The van der Waals surface area contributed by atoms with E-state index in [1.54, 1.807) is 0 Å². The number of amides is 2. The summed E-state index contributed by atoms with van der Waals surface area (Å²) >= 11 is 1.09. The second-order valence-electron chi connectivity index (χ2n) is 5.27. The SMILES string of the molecule is O=C1CSC(=O)N1CCNCCc1ccc2c(c1)CCN2. The van der Waals surface area contributed by atoms with Crippen LogP contribution in [0.1, 0.15) is 11.1 Å². The smallest absolute Gasteiger partial charge is 0.288 e. The third kappa shape index (κ3) is 3.39. The zero-order valence-corrected chi connectivity index (χ0v) is 12.7. The summed E-state index contributed by atoms with van der Waals surface area (Å²) in [6.45, 7) is 3.02. The summed E-state index contributed by atoms with van der Waals surface area (Å²) in [5.74, 6) is 0.222. The van der Waals surface area contributed by atoms with Crippen LogP contribution in [0.4, 0.5) is 10.5 Å². The number of thioether (sulfide) groups is 1. The first kappa shape index (κ1) is 14.4. The van der Waals surface area contributed by atoms with Gasteiger partial charge in [-0.25, -0.2) is 0 Å². The molecule has 2 amide bonds. The maximum Gasteiger partial charge on any atom is 0.288 e. The fourth-order valence-corrected chi connectivity index (χ4v) is 3.41. The van der Waals surface area contributed by atoms with E-state index in [4.69, 9.17) is 0 Å². The first-order valence-corrected chi connectivity index (χ1v) is 8.26. The molecule has 0 spiro atoms. The number of carbonyl (C=O) groups excluding carboxylic acids is 2. The van der Waals surface area contributed by atoms with Crippen molar-refractivity contribution in [1.82, 2.24) is 10.2 Å². The van der Waals surface area contributed by atoms with Crippen molar-refractivity contribution >= 4 is 28.6 Å². The second kappa shape index (κ2) is 6.49. The van der Waals surface area contributed by atoms with Crippen LogP contribution in [0.3, 0.4) is 0 Å². The zero-order chi connectivity index (χ0) is 14.7. The van der Waals surface area contributed by atoms with Crippen LogP contribution in [0.15, 0.2) is 18.2 Å². The number of hydrogen-bond acceptors (Lipinski definition) is 5. The Morgan fingerprint density at radius 2 is 2.19 bits per heavy atom. The van der Waals surface area contributed by atoms with E-state index in [-0.39, 0.29) is 11.1 Å². The molecule has 2 heterocycles. The lowest BCUT2D eigenvalue weighted by Gasteiger charge is -2.13. The Morgan fingerprint density at radius 3 is 3.00 bits per heavy atom. The Morgan fingerprint density at radius 1 is 1.29 bits per heavy atom. The summed E-state index contributed by atoms with van der Waals surface area (Å²) in [6.07, 6.45) is 2.07. The molecular formula is C15H19N3O2S. The minimum atomic E-state index is -0.118. The molecule has 21 heavy (non-hydrogen) atoms. The quantitative estimate of drug-likeness (QED) is 0.780. The first-order chi connectivity index (χ1) is 10.2. The topological polar surface area (TPSA) is 61.4 Å². The highest BCUT2D eigenvalue weighted by Gasteiger charge is 2.28. The number of fused-ring (bicyclic) bond motifs is 1. The third-order valence-electron chi connectivity index (χ3n) is 3.82. The number of rotatable bonds is 6. The standard InChI is InChI=1S/C15H19N3O2S/c19-14-10-21-15(20)18(14)8-7-16-5-3-11-1-2-13-12(9-11)4-6-17-13/h1-2,9,16-17H,3-8,10H2. The summed E-state index contributed by atoms with van der Waals surface area (Å²) in [5, 5.41) is 6.54. The molecule has 5 nitrogen and oxygen atoms in total. The van der Waals surface area contributed by atoms with Crippen LogP contribution >= 0.6 is 11.8 Å². The maximum atomic E-state index is 11.4. The molecule has 0 radical (unpaired) electrons. The normalized spacial score (nSPS) is 17.2. The van der Waals surface area contributed by atoms with Gasteiger partial charge in [-0.3, -0.25) is 14.5 Å². The Kier molecular flexibility index (Phi) is 4.45. The number of nitrogens with one attached hydrogen (secondary N) is 2. The van der Waals surface area contributed by atoms with Gasteiger partial charge in [0.15, 0.2) is 0 Å². The lowest BCUT2D eigenvalue weighted by Crippen LogP contribution is -2.36. The Balaban J connectivity index is 1.38. The van der Waals surface area contributed by atoms with Crippen molar-refractivity contribution in [3.8, 4) is 0 Å². The second-order valence-corrected chi connectivity index (χ2v) is 6.19. The Bertz CT molecular complexity index is 546. The Hall–Kier alpha value is -1.53. The van der Waals surface area contributed by atoms with E-state index in [1.807, 2.05) is 0 Å². The van der Waals surface area contributed by atoms with Gasteiger partial charge in [-0.05, 0) is 36.6 Å². The number of carbonyl (C=O) groups is 2. The van der Waals surface area contributed by atoms with Crippen molar-refractivity contribution in [2.75, 3.05) is 37.2 Å². The first-order valence-electron chi connectivity index (χ1n) is 7.27. The maximum absolute atomic E-state index is 11.4. The molecular weight excluding hydrogens is 286 g/mol. The highest BCUT2D eigenvalue weighted by atomic mass is 32.2. The monoisotopic (exact) mass is 305 g/mol. The van der Waals surface area contributed by atoms with Gasteiger partial charge in [-0.15, -0.1) is 0 Å². The number of anilines is 1. The van der Waals surface area contributed by atoms with Gasteiger partial charge < -0.3 is 10.6 Å². The summed E-state index contributed by atoms with van der Waals surface area (Å²) in [7, 11) is 0. The van der Waals surface area contributed by atoms with Gasteiger partial charge in [0.05, 0.1) is 5.75 Å². The van der Waals surface area contributed by atoms with Gasteiger partial charge >= 0.3 is 0 Å². The third-order valence-corrected chi connectivity index (χ3v) is 4.68. The number of imide groups is 1. The predicted octanol–water partition coefficient (Wildman–Crippen LogP) is 1.48. The molecule has 0 unspecified atom stereocenters. The summed E-state index contributed by atoms with van der Waals surface area (Å²) in [4.78, 5) is 24.2. The van der Waals surface area contributed by atoms with Crippen LogP contribution in [0.2, 0.25) is 0 Å². The number of benzene rings is 1. The highest BCUT2D eigenvalue weighted by Crippen LogP contribution is 2.23. The Labute approximate surface area is 128 Å². The minimum Gasteiger partial charge on any atom is -0.384 e. The lowest BCUT2D eigenvalue weighted by atomic mass is 10.1. The van der Waals surface area contributed by atoms with Crippen LogP contribution in [0, 0.1) is 0 Å². The van der Waals surface area contributed by atoms with E-state index in [0.29, 0.717) is 18.8 Å². The fourth-order valence-electron chi connectivity index (χ4n) is 2.66. The predicted molar refractivity (Wildman–Crippen MR) is 84.8 cm³/mol. The van der Waals surface area contributed by atoms with E-state index >= 15 is 0 Å². The van der Waals surface area contributed by atoms with Gasteiger partial charge in [0.1, 0.15) is 0 Å². The molecule has 2 aliphatic rings. The van der Waals surface area contributed by atoms with E-state index in [1.165, 1.54) is 21.7 Å². The summed E-state index contributed by atoms with van der Waals surface area (Å²) in [5.41, 5.74) is 3.99. The fraction of sp³-hybridized carbons (Fsp3) is 0.467. The summed E-state index contributed by atoms with van der Waals surface area (Å²) in [6, 6.07) is 6.57. The van der Waals surface area contributed by atoms with E-state index in [0.717, 1.165) is 37.7 Å². The van der Waals surface area contributed by atoms with Gasteiger partial charge in [-0.1, -0.05) is 23.9 Å². The number of hydrogen-bond donors (Lipinski definition) is 2. The molecule has 3 rings (SSSR count). The highest BCUT2D eigenvalue weighted by molar-refractivity contribution is 8.14. The van der Waals surface area contributed by atoms with E-state index in [9.17, 15) is 9.59 Å². The van der Waals surface area contributed by atoms with Gasteiger partial charge in [0.25, 0.3) is 5.24 Å². The molecule has 6 heteroatoms. The molecule has 0 aliphatic carbocycles. The van der Waals surface area contributed by atoms with Gasteiger partial charge in [0.2, 0.25) is 5.91 Å². The molecule has 1 fully saturated rings. The van der Waals surface area contributed by atoms with E-state index < -0.39 is 0 Å². The largest absolute Gasteiger partial charge is 0.384 e. The van der Waals surface area contributed by atoms with Crippen LogP contribution in [0.25, 0.3) is 0 Å².